The molecule has 5 aromatic rings. The molecule has 0 aliphatic heterocycles. The summed E-state index contributed by atoms with van der Waals surface area (Å²) >= 11 is 0. The number of para-hydroxylation sites is 1. The normalized spacial score (nSPS) is 10.2. The van der Waals surface area contributed by atoms with Crippen molar-refractivity contribution >= 4 is 22.8 Å². The largest absolute Gasteiger partial charge is 0.478 e. The number of rotatable bonds is 8. The van der Waals surface area contributed by atoms with Gasteiger partial charge in [0.15, 0.2) is 0 Å². The number of benzene rings is 4. The number of carbonyl (C=O) groups is 1. The molecule has 0 atom stereocenters. The summed E-state index contributed by atoms with van der Waals surface area (Å²) in [6, 6.07) is 31.1. The van der Waals surface area contributed by atoms with Crippen molar-refractivity contribution in [2.45, 2.75) is 33.2 Å². The lowest BCUT2D eigenvalue weighted by molar-refractivity contribution is 0.0698. The lowest BCUT2D eigenvalue weighted by Crippen LogP contribution is -2.12. The van der Waals surface area contributed by atoms with Crippen LogP contribution in [0.5, 0.6) is 0 Å². The Morgan fingerprint density at radius 1 is 0.800 bits per heavy atom. The maximum atomic E-state index is 12.0. The second kappa shape index (κ2) is 14.2. The zero-order chi connectivity index (χ0) is 29.1. The first-order valence-electron chi connectivity index (χ1n) is 13.0. The second-order valence-electron chi connectivity index (χ2n) is 8.73. The molecule has 8 nitrogen and oxygen atoms in total. The number of aromatic nitrogens is 2. The van der Waals surface area contributed by atoms with Gasteiger partial charge in [-0.05, 0) is 40.8 Å². The number of carboxylic acids is 1. The van der Waals surface area contributed by atoms with Crippen LogP contribution in [0.4, 0.5) is 0 Å². The average molecular weight is 535 g/mol. The number of nitrogens with one attached hydrogen (secondary N) is 3. The smallest absolute Gasteiger partial charge is 0.337 e. The SMILES string of the molecule is CC.N=C(N)c1ccccc1-c1ccc(Cn2c(CCc3ccccc3)nc3cccc(C(=O)O)c32)cc1.N=N. The van der Waals surface area contributed by atoms with E-state index in [2.05, 4.69) is 12.1 Å². The third-order valence-corrected chi connectivity index (χ3v) is 6.38. The molecule has 8 heteroatoms. The van der Waals surface area contributed by atoms with Crippen molar-refractivity contribution in [3.05, 3.63) is 125 Å². The molecule has 4 aromatic carbocycles. The summed E-state index contributed by atoms with van der Waals surface area (Å²) in [6.07, 6.45) is 1.51. The van der Waals surface area contributed by atoms with Gasteiger partial charge in [-0.1, -0.05) is 98.8 Å². The number of hydrogen-bond acceptors (Lipinski definition) is 5. The Bertz CT molecular complexity index is 1580. The Morgan fingerprint density at radius 2 is 1.43 bits per heavy atom. The molecular formula is C32H34N6O2. The number of nitrogens with two attached hydrogens (primary N) is 1. The molecule has 1 heterocycles. The molecule has 5 rings (SSSR count). The zero-order valence-electron chi connectivity index (χ0n) is 22.7. The van der Waals surface area contributed by atoms with Crippen molar-refractivity contribution in [2.24, 2.45) is 5.73 Å². The van der Waals surface area contributed by atoms with Gasteiger partial charge >= 0.3 is 5.97 Å². The molecule has 0 spiro atoms. The van der Waals surface area contributed by atoms with Gasteiger partial charge in [-0.3, -0.25) is 5.41 Å². The highest BCUT2D eigenvalue weighted by Gasteiger charge is 2.18. The third kappa shape index (κ3) is 6.66. The lowest BCUT2D eigenvalue weighted by Gasteiger charge is -2.13. The standard InChI is InChI=1S/C30H26N4O2.C2H6.H2N2/c31-29(32)24-10-5-4-9-23(24)22-16-13-21(14-17-22)19-34-27(18-15-20-7-2-1-3-8-20)33-26-12-6-11-25(28(26)34)30(35)36;2*1-2/h1-14,16-17H,15,18-19H2,(H3,31,32)(H,35,36);1-2H3;1-2H. The van der Waals surface area contributed by atoms with E-state index in [0.29, 0.717) is 29.6 Å². The number of amidine groups is 1. The number of fused-ring (bicyclic) bond motifs is 1. The Hall–Kier alpha value is -5.11. The van der Waals surface area contributed by atoms with Gasteiger partial charge in [0.05, 0.1) is 16.6 Å². The molecule has 40 heavy (non-hydrogen) atoms. The molecule has 0 unspecified atom stereocenters. The maximum Gasteiger partial charge on any atom is 0.337 e. The first-order chi connectivity index (χ1) is 19.5. The lowest BCUT2D eigenvalue weighted by atomic mass is 9.98. The van der Waals surface area contributed by atoms with E-state index in [1.54, 1.807) is 12.1 Å². The summed E-state index contributed by atoms with van der Waals surface area (Å²) in [5.74, 6) is -0.0788. The fourth-order valence-corrected chi connectivity index (χ4v) is 4.61. The second-order valence-corrected chi connectivity index (χ2v) is 8.73. The van der Waals surface area contributed by atoms with Crippen LogP contribution in [-0.4, -0.2) is 26.5 Å². The molecule has 0 saturated carbocycles. The minimum absolute atomic E-state index is 0.0313. The minimum atomic E-state index is -0.965. The van der Waals surface area contributed by atoms with Gasteiger partial charge in [-0.2, -0.15) is 0 Å². The molecule has 1 aromatic heterocycles. The highest BCUT2D eigenvalue weighted by molar-refractivity contribution is 6.02. The number of hydrogen-bond donors (Lipinski definition) is 5. The summed E-state index contributed by atoms with van der Waals surface area (Å²) in [4.78, 5) is 16.9. The molecule has 0 aliphatic rings. The topological polar surface area (TPSA) is 153 Å². The van der Waals surface area contributed by atoms with E-state index in [9.17, 15) is 9.90 Å². The Labute approximate surface area is 233 Å². The summed E-state index contributed by atoms with van der Waals surface area (Å²) in [5, 5.41) is 17.7. The number of aromatic carboxylic acids is 1. The van der Waals surface area contributed by atoms with Crippen LogP contribution in [0.25, 0.3) is 22.2 Å². The molecular weight excluding hydrogens is 500 g/mol. The number of nitrogens with zero attached hydrogens (tertiary/aromatic N) is 2. The summed E-state index contributed by atoms with van der Waals surface area (Å²) < 4.78 is 2.03. The minimum Gasteiger partial charge on any atom is -0.478 e. The predicted octanol–water partition coefficient (Wildman–Crippen LogP) is 7.14. The van der Waals surface area contributed by atoms with Crippen molar-refractivity contribution in [3.8, 4) is 11.1 Å². The Balaban J connectivity index is 0.00000106. The van der Waals surface area contributed by atoms with Crippen molar-refractivity contribution in [2.75, 3.05) is 0 Å². The quantitative estimate of drug-likeness (QED) is 0.0815. The van der Waals surface area contributed by atoms with E-state index in [-0.39, 0.29) is 11.4 Å². The number of aryl methyl sites for hydroxylation is 2. The highest BCUT2D eigenvalue weighted by Crippen LogP contribution is 2.26. The Kier molecular flexibility index (Phi) is 10.4. The zero-order valence-corrected chi connectivity index (χ0v) is 22.7. The van der Waals surface area contributed by atoms with E-state index in [1.807, 2.05) is 91.2 Å². The van der Waals surface area contributed by atoms with Gasteiger partial charge in [0.2, 0.25) is 0 Å². The highest BCUT2D eigenvalue weighted by atomic mass is 16.4. The fraction of sp³-hybridized carbons (Fsp3) is 0.156. The van der Waals surface area contributed by atoms with Crippen molar-refractivity contribution in [1.82, 2.24) is 9.55 Å². The molecule has 0 radical (unpaired) electrons. The van der Waals surface area contributed by atoms with Gasteiger partial charge in [-0.15, -0.1) is 0 Å². The molecule has 0 amide bonds. The van der Waals surface area contributed by atoms with Crippen LogP contribution in [0.3, 0.4) is 0 Å². The van der Waals surface area contributed by atoms with Crippen LogP contribution >= 0.6 is 0 Å². The monoisotopic (exact) mass is 534 g/mol. The van der Waals surface area contributed by atoms with Gasteiger partial charge < -0.3 is 15.4 Å². The van der Waals surface area contributed by atoms with E-state index in [0.717, 1.165) is 28.9 Å². The van der Waals surface area contributed by atoms with Gasteiger partial charge in [0, 0.05) is 18.5 Å². The Morgan fingerprint density at radius 3 is 2.08 bits per heavy atom. The molecule has 0 bridgehead atoms. The molecule has 0 aliphatic carbocycles. The maximum absolute atomic E-state index is 12.0. The van der Waals surface area contributed by atoms with Crippen LogP contribution in [0, 0.1) is 16.5 Å². The van der Waals surface area contributed by atoms with Crippen LogP contribution in [0.1, 0.15) is 46.7 Å². The van der Waals surface area contributed by atoms with Crippen LogP contribution in [-0.2, 0) is 19.4 Å². The van der Waals surface area contributed by atoms with Crippen LogP contribution in [0.2, 0.25) is 0 Å². The van der Waals surface area contributed by atoms with Gasteiger partial charge in [0.1, 0.15) is 11.7 Å². The van der Waals surface area contributed by atoms with Gasteiger partial charge in [0.25, 0.3) is 0 Å². The first kappa shape index (κ1) is 29.4. The fourth-order valence-electron chi connectivity index (χ4n) is 4.61. The molecule has 6 N–H and O–H groups in total. The van der Waals surface area contributed by atoms with E-state index in [4.69, 9.17) is 27.2 Å². The van der Waals surface area contributed by atoms with Crippen LogP contribution < -0.4 is 5.73 Å². The van der Waals surface area contributed by atoms with Gasteiger partial charge in [-0.25, -0.2) is 20.8 Å². The van der Waals surface area contributed by atoms with Crippen molar-refractivity contribution in [1.29, 1.82) is 16.5 Å². The average Bonchev–Trinajstić information content (AvgIpc) is 3.36. The first-order valence-corrected chi connectivity index (χ1v) is 13.0. The number of carboxylic acid groups (broad SMARTS) is 1. The number of imidazole rings is 1. The predicted molar refractivity (Wildman–Crippen MR) is 159 cm³/mol. The number of nitrogen functional groups attached to an aromatic ring is 1. The van der Waals surface area contributed by atoms with E-state index < -0.39 is 5.97 Å². The summed E-state index contributed by atoms with van der Waals surface area (Å²) in [7, 11) is 0. The summed E-state index contributed by atoms with van der Waals surface area (Å²) in [6.45, 7) is 4.50. The van der Waals surface area contributed by atoms with E-state index >= 15 is 0 Å². The van der Waals surface area contributed by atoms with Crippen molar-refractivity contribution < 1.29 is 9.90 Å². The summed E-state index contributed by atoms with van der Waals surface area (Å²) in [5.41, 5.74) is 22.2. The molecule has 204 valence electrons. The molecule has 0 saturated heterocycles. The molecule has 0 fully saturated rings. The van der Waals surface area contributed by atoms with Crippen molar-refractivity contribution in [3.63, 3.8) is 0 Å². The third-order valence-electron chi connectivity index (χ3n) is 6.38. The van der Waals surface area contributed by atoms with Crippen LogP contribution in [0.15, 0.2) is 97.1 Å². The van der Waals surface area contributed by atoms with E-state index in [1.165, 1.54) is 5.56 Å².